The molecule has 1 aromatic carbocycles. The quantitative estimate of drug-likeness (QED) is 0.859. The van der Waals surface area contributed by atoms with Crippen LogP contribution in [0.2, 0.25) is 0 Å². The van der Waals surface area contributed by atoms with E-state index in [9.17, 15) is 13.9 Å². The van der Waals surface area contributed by atoms with Crippen molar-refractivity contribution in [2.24, 2.45) is 23.2 Å². The number of halogens is 2. The molecule has 1 N–H and O–H groups in total. The van der Waals surface area contributed by atoms with Crippen molar-refractivity contribution in [3.8, 4) is 0 Å². The molecule has 0 radical (unpaired) electrons. The largest absolute Gasteiger partial charge is 0.388 e. The summed E-state index contributed by atoms with van der Waals surface area (Å²) in [7, 11) is 0. The number of hydrogen-bond acceptors (Lipinski definition) is 1. The Morgan fingerprint density at radius 1 is 0.950 bits per heavy atom. The Balaban J connectivity index is 1.67. The molecule has 4 bridgehead atoms. The van der Waals surface area contributed by atoms with Crippen molar-refractivity contribution < 1.29 is 13.9 Å². The number of benzene rings is 1. The molecular formula is C17H20F2O. The highest BCUT2D eigenvalue weighted by Crippen LogP contribution is 2.64. The molecule has 0 heterocycles. The highest BCUT2D eigenvalue weighted by Gasteiger charge is 2.54. The van der Waals surface area contributed by atoms with Crippen LogP contribution in [-0.4, -0.2) is 5.11 Å². The number of aliphatic hydroxyl groups excluding tert-OH is 1. The summed E-state index contributed by atoms with van der Waals surface area (Å²) in [5, 5.41) is 10.8. The summed E-state index contributed by atoms with van der Waals surface area (Å²) in [4.78, 5) is 0. The Hall–Kier alpha value is -0.960. The minimum Gasteiger partial charge on any atom is -0.388 e. The summed E-state index contributed by atoms with van der Waals surface area (Å²) in [5.74, 6) is 0.515. The van der Waals surface area contributed by atoms with Gasteiger partial charge in [-0.15, -0.1) is 0 Å². The topological polar surface area (TPSA) is 20.2 Å². The van der Waals surface area contributed by atoms with Crippen LogP contribution in [0.1, 0.15) is 50.2 Å². The van der Waals surface area contributed by atoms with Crippen molar-refractivity contribution in [2.75, 3.05) is 0 Å². The summed E-state index contributed by atoms with van der Waals surface area (Å²) in [5.41, 5.74) is 0.463. The van der Waals surface area contributed by atoms with Crippen LogP contribution >= 0.6 is 0 Å². The zero-order valence-electron chi connectivity index (χ0n) is 11.5. The minimum absolute atomic E-state index is 0.0843. The van der Waals surface area contributed by atoms with Crippen LogP contribution in [0.25, 0.3) is 0 Å². The van der Waals surface area contributed by atoms with Gasteiger partial charge in [-0.2, -0.15) is 0 Å². The lowest BCUT2D eigenvalue weighted by atomic mass is 9.47. The lowest BCUT2D eigenvalue weighted by molar-refractivity contribution is -0.122. The number of hydrogen-bond donors (Lipinski definition) is 1. The van der Waals surface area contributed by atoms with Crippen LogP contribution in [0.5, 0.6) is 0 Å². The van der Waals surface area contributed by atoms with Gasteiger partial charge in [0.15, 0.2) is 11.6 Å². The van der Waals surface area contributed by atoms with Crippen LogP contribution in [0.15, 0.2) is 18.2 Å². The van der Waals surface area contributed by atoms with Gasteiger partial charge in [-0.1, -0.05) is 6.07 Å². The van der Waals surface area contributed by atoms with Gasteiger partial charge in [-0.3, -0.25) is 0 Å². The predicted octanol–water partition coefficient (Wildman–Crippen LogP) is 4.21. The second kappa shape index (κ2) is 4.27. The molecule has 4 saturated carbocycles. The third-order valence-electron chi connectivity index (χ3n) is 5.93. The van der Waals surface area contributed by atoms with Gasteiger partial charge in [0.1, 0.15) is 0 Å². The monoisotopic (exact) mass is 278 g/mol. The average Bonchev–Trinajstić information content (AvgIpc) is 2.39. The zero-order valence-corrected chi connectivity index (χ0v) is 11.5. The van der Waals surface area contributed by atoms with Crippen molar-refractivity contribution in [1.29, 1.82) is 0 Å². The molecule has 3 heteroatoms. The Morgan fingerprint density at radius 3 is 2.00 bits per heavy atom. The molecule has 108 valence electrons. The fraction of sp³-hybridized carbons (Fsp3) is 0.647. The van der Waals surface area contributed by atoms with Crippen LogP contribution in [0.4, 0.5) is 8.78 Å². The molecule has 0 amide bonds. The van der Waals surface area contributed by atoms with Crippen LogP contribution in [0.3, 0.4) is 0 Å². The van der Waals surface area contributed by atoms with E-state index in [0.717, 1.165) is 43.1 Å². The van der Waals surface area contributed by atoms with E-state index < -0.39 is 17.7 Å². The second-order valence-corrected chi connectivity index (χ2v) is 7.36. The Labute approximate surface area is 118 Å². The molecule has 4 aliphatic rings. The van der Waals surface area contributed by atoms with Crippen LogP contribution < -0.4 is 0 Å². The molecule has 4 fully saturated rings. The lowest BCUT2D eigenvalue weighted by Crippen LogP contribution is -2.48. The molecule has 1 aromatic rings. The Kier molecular flexibility index (Phi) is 2.72. The molecule has 0 aliphatic heterocycles. The first-order valence-electron chi connectivity index (χ1n) is 7.69. The third kappa shape index (κ3) is 1.82. The van der Waals surface area contributed by atoms with E-state index in [1.54, 1.807) is 6.07 Å². The molecule has 1 atom stereocenters. The van der Waals surface area contributed by atoms with Crippen molar-refractivity contribution in [3.63, 3.8) is 0 Å². The fourth-order valence-corrected chi connectivity index (χ4v) is 5.55. The Morgan fingerprint density at radius 2 is 1.50 bits per heavy atom. The molecule has 20 heavy (non-hydrogen) atoms. The molecule has 0 spiro atoms. The zero-order chi connectivity index (χ0) is 13.9. The molecule has 4 aliphatic carbocycles. The standard InChI is InChI=1S/C17H20F2O/c18-14-2-1-13(6-15(14)19)16(20)17-7-10-3-11(8-17)5-12(4-10)9-17/h1-2,6,10-12,16,20H,3-5,7-9H2. The summed E-state index contributed by atoms with van der Waals surface area (Å²) < 4.78 is 26.5. The lowest BCUT2D eigenvalue weighted by Gasteiger charge is -2.58. The van der Waals surface area contributed by atoms with E-state index >= 15 is 0 Å². The van der Waals surface area contributed by atoms with Gasteiger partial charge in [-0.05, 0) is 74.0 Å². The first kappa shape index (κ1) is 12.8. The predicted molar refractivity (Wildman–Crippen MR) is 71.9 cm³/mol. The minimum atomic E-state index is -0.855. The normalized spacial score (nSPS) is 40.0. The highest BCUT2D eigenvalue weighted by atomic mass is 19.2. The van der Waals surface area contributed by atoms with Gasteiger partial charge < -0.3 is 5.11 Å². The summed E-state index contributed by atoms with van der Waals surface area (Å²) in [6.07, 6.45) is 6.44. The van der Waals surface area contributed by atoms with Crippen molar-refractivity contribution in [1.82, 2.24) is 0 Å². The van der Waals surface area contributed by atoms with Crippen molar-refractivity contribution in [2.45, 2.75) is 44.6 Å². The van der Waals surface area contributed by atoms with Gasteiger partial charge in [0.2, 0.25) is 0 Å². The summed E-state index contributed by atoms with van der Waals surface area (Å²) in [6.45, 7) is 0. The van der Waals surface area contributed by atoms with Crippen molar-refractivity contribution >= 4 is 0 Å². The first-order valence-corrected chi connectivity index (χ1v) is 7.69. The van der Waals surface area contributed by atoms with Gasteiger partial charge in [0.05, 0.1) is 6.10 Å². The molecule has 0 saturated heterocycles. The van der Waals surface area contributed by atoms with Gasteiger partial charge in [0, 0.05) is 5.41 Å². The smallest absolute Gasteiger partial charge is 0.159 e. The molecular weight excluding hydrogens is 258 g/mol. The van der Waals surface area contributed by atoms with E-state index in [2.05, 4.69) is 0 Å². The Bertz CT molecular complexity index is 505. The maximum absolute atomic E-state index is 13.4. The van der Waals surface area contributed by atoms with E-state index in [-0.39, 0.29) is 5.41 Å². The molecule has 5 rings (SSSR count). The molecule has 0 aromatic heterocycles. The van der Waals surface area contributed by atoms with E-state index in [0.29, 0.717) is 5.56 Å². The van der Waals surface area contributed by atoms with Crippen LogP contribution in [0, 0.1) is 34.8 Å². The van der Waals surface area contributed by atoms with E-state index in [1.165, 1.54) is 25.3 Å². The second-order valence-electron chi connectivity index (χ2n) is 7.36. The highest BCUT2D eigenvalue weighted by molar-refractivity contribution is 5.23. The SMILES string of the molecule is OC(c1ccc(F)c(F)c1)C12CC3CC(CC(C3)C1)C2. The number of aliphatic hydroxyl groups is 1. The van der Waals surface area contributed by atoms with E-state index in [4.69, 9.17) is 0 Å². The third-order valence-corrected chi connectivity index (χ3v) is 5.93. The summed E-state index contributed by atoms with van der Waals surface area (Å²) >= 11 is 0. The average molecular weight is 278 g/mol. The maximum atomic E-state index is 13.4. The van der Waals surface area contributed by atoms with Crippen LogP contribution in [-0.2, 0) is 0 Å². The van der Waals surface area contributed by atoms with E-state index in [1.807, 2.05) is 0 Å². The fourth-order valence-electron chi connectivity index (χ4n) is 5.55. The molecule has 1 unspecified atom stereocenters. The van der Waals surface area contributed by atoms with Gasteiger partial charge >= 0.3 is 0 Å². The first-order chi connectivity index (χ1) is 9.56. The van der Waals surface area contributed by atoms with Gasteiger partial charge in [-0.25, -0.2) is 8.78 Å². The summed E-state index contributed by atoms with van der Waals surface area (Å²) in [6, 6.07) is 3.86. The maximum Gasteiger partial charge on any atom is 0.159 e. The molecule has 1 nitrogen and oxygen atoms in total. The number of rotatable bonds is 2. The van der Waals surface area contributed by atoms with Crippen molar-refractivity contribution in [3.05, 3.63) is 35.4 Å². The van der Waals surface area contributed by atoms with Gasteiger partial charge in [0.25, 0.3) is 0 Å².